The number of hydrogen-bond donors (Lipinski definition) is 2. The molecule has 0 radical (unpaired) electrons. The molecule has 1 amide bonds. The second kappa shape index (κ2) is 5.96. The van der Waals surface area contributed by atoms with Gasteiger partial charge in [0.2, 0.25) is 0 Å². The lowest BCUT2D eigenvalue weighted by atomic mass is 10.00. The van der Waals surface area contributed by atoms with Crippen LogP contribution in [0.5, 0.6) is 0 Å². The third-order valence-corrected chi connectivity index (χ3v) is 4.10. The Labute approximate surface area is 149 Å². The fraction of sp³-hybridized carbons (Fsp3) is 0.0526. The molecule has 4 rings (SSSR count). The van der Waals surface area contributed by atoms with Gasteiger partial charge in [-0.15, -0.1) is 0 Å². The average Bonchev–Trinajstić information content (AvgIpc) is 3.05. The van der Waals surface area contributed by atoms with E-state index < -0.39 is 5.91 Å². The molecule has 0 aliphatic rings. The summed E-state index contributed by atoms with van der Waals surface area (Å²) in [6, 6.07) is 11.3. The molecule has 7 heteroatoms. The highest BCUT2D eigenvalue weighted by molar-refractivity contribution is 5.95. The molecule has 3 aromatic heterocycles. The van der Waals surface area contributed by atoms with Crippen LogP contribution in [0.15, 0.2) is 55.1 Å². The van der Waals surface area contributed by atoms with Crippen molar-refractivity contribution in [2.75, 3.05) is 5.73 Å². The topological polar surface area (TPSA) is 112 Å². The second-order valence-corrected chi connectivity index (χ2v) is 6.00. The molecule has 4 N–H and O–H groups in total. The van der Waals surface area contributed by atoms with E-state index in [2.05, 4.69) is 15.0 Å². The highest BCUT2D eigenvalue weighted by atomic mass is 16.1. The number of nitrogen functional groups attached to an aromatic ring is 1. The molecule has 0 unspecified atom stereocenters. The number of nitrogens with zero attached hydrogens (tertiary/aromatic N) is 4. The van der Waals surface area contributed by atoms with Crippen LogP contribution >= 0.6 is 0 Å². The number of anilines is 1. The lowest BCUT2D eigenvalue weighted by molar-refractivity contribution is 0.0996. The van der Waals surface area contributed by atoms with Crippen LogP contribution in [0.2, 0.25) is 0 Å². The predicted octanol–water partition coefficient (Wildman–Crippen LogP) is 2.45. The standard InChI is InChI=1S/C19H16N6O/c1-11-7-12(5-6-22-11)16-17(13-3-2-4-14(20)8-13)23-10-25-9-15(18(21)26)24-19(16)25/h2-10H,20H2,1H3,(H2,21,26). The van der Waals surface area contributed by atoms with Crippen LogP contribution in [0.3, 0.4) is 0 Å². The van der Waals surface area contributed by atoms with Gasteiger partial charge in [-0.05, 0) is 36.8 Å². The van der Waals surface area contributed by atoms with E-state index >= 15 is 0 Å². The van der Waals surface area contributed by atoms with Crippen molar-refractivity contribution in [1.29, 1.82) is 0 Å². The van der Waals surface area contributed by atoms with Gasteiger partial charge in [-0.1, -0.05) is 12.1 Å². The average molecular weight is 344 g/mol. The van der Waals surface area contributed by atoms with Crippen molar-refractivity contribution >= 4 is 17.2 Å². The maximum Gasteiger partial charge on any atom is 0.268 e. The maximum atomic E-state index is 11.6. The minimum Gasteiger partial charge on any atom is -0.399 e. The molecule has 4 aromatic rings. The molecule has 7 nitrogen and oxygen atoms in total. The number of carbonyl (C=O) groups excluding carboxylic acids is 1. The van der Waals surface area contributed by atoms with Gasteiger partial charge in [-0.3, -0.25) is 14.2 Å². The zero-order valence-electron chi connectivity index (χ0n) is 14.0. The number of aromatic nitrogens is 4. The highest BCUT2D eigenvalue weighted by Gasteiger charge is 2.18. The van der Waals surface area contributed by atoms with E-state index in [4.69, 9.17) is 11.5 Å². The Balaban J connectivity index is 2.08. The minimum absolute atomic E-state index is 0.184. The molecule has 0 spiro atoms. The molecule has 0 saturated heterocycles. The van der Waals surface area contributed by atoms with Crippen molar-refractivity contribution in [2.24, 2.45) is 5.73 Å². The van der Waals surface area contributed by atoms with Gasteiger partial charge < -0.3 is 11.5 Å². The number of imidazole rings is 1. The summed E-state index contributed by atoms with van der Waals surface area (Å²) in [5.41, 5.74) is 16.9. The highest BCUT2D eigenvalue weighted by Crippen LogP contribution is 2.34. The number of fused-ring (bicyclic) bond motifs is 1. The number of nitrogens with two attached hydrogens (primary N) is 2. The number of primary amides is 1. The summed E-state index contributed by atoms with van der Waals surface area (Å²) < 4.78 is 1.70. The predicted molar refractivity (Wildman–Crippen MR) is 99.3 cm³/mol. The van der Waals surface area contributed by atoms with Crippen LogP contribution in [-0.4, -0.2) is 25.3 Å². The first kappa shape index (κ1) is 15.8. The first-order valence-corrected chi connectivity index (χ1v) is 7.99. The van der Waals surface area contributed by atoms with Crippen LogP contribution < -0.4 is 11.5 Å². The summed E-state index contributed by atoms with van der Waals surface area (Å²) in [5.74, 6) is -0.587. The molecule has 0 bridgehead atoms. The van der Waals surface area contributed by atoms with Crippen molar-refractivity contribution in [3.63, 3.8) is 0 Å². The van der Waals surface area contributed by atoms with Gasteiger partial charge in [0.1, 0.15) is 17.7 Å². The van der Waals surface area contributed by atoms with E-state index in [1.54, 1.807) is 23.1 Å². The van der Waals surface area contributed by atoms with Gasteiger partial charge in [0.05, 0.1) is 11.3 Å². The van der Waals surface area contributed by atoms with Gasteiger partial charge in [0, 0.05) is 29.3 Å². The molecular formula is C19H16N6O. The van der Waals surface area contributed by atoms with Crippen molar-refractivity contribution < 1.29 is 4.79 Å². The molecule has 1 aromatic carbocycles. The van der Waals surface area contributed by atoms with Crippen molar-refractivity contribution in [2.45, 2.75) is 6.92 Å². The molecule has 0 aliphatic heterocycles. The molecule has 128 valence electrons. The van der Waals surface area contributed by atoms with Crippen molar-refractivity contribution in [3.8, 4) is 22.4 Å². The van der Waals surface area contributed by atoms with Crippen molar-refractivity contribution in [3.05, 3.63) is 66.5 Å². The summed E-state index contributed by atoms with van der Waals surface area (Å²) in [4.78, 5) is 24.8. The second-order valence-electron chi connectivity index (χ2n) is 6.00. The smallest absolute Gasteiger partial charge is 0.268 e. The van der Waals surface area contributed by atoms with Gasteiger partial charge in [0.15, 0.2) is 0 Å². The lowest BCUT2D eigenvalue weighted by Crippen LogP contribution is -2.10. The van der Waals surface area contributed by atoms with E-state index in [1.165, 1.54) is 0 Å². The quantitative estimate of drug-likeness (QED) is 0.554. The third kappa shape index (κ3) is 2.65. The summed E-state index contributed by atoms with van der Waals surface area (Å²) in [7, 11) is 0. The van der Waals surface area contributed by atoms with Crippen LogP contribution in [0.25, 0.3) is 28.0 Å². The Bertz CT molecular complexity index is 1150. The van der Waals surface area contributed by atoms with Gasteiger partial charge in [-0.2, -0.15) is 0 Å². The Hall–Kier alpha value is -3.74. The van der Waals surface area contributed by atoms with E-state index in [-0.39, 0.29) is 5.69 Å². The summed E-state index contributed by atoms with van der Waals surface area (Å²) in [6.45, 7) is 1.91. The number of benzene rings is 1. The lowest BCUT2D eigenvalue weighted by Gasteiger charge is -2.11. The Kier molecular flexibility index (Phi) is 3.62. The monoisotopic (exact) mass is 344 g/mol. The summed E-state index contributed by atoms with van der Waals surface area (Å²) in [6.07, 6.45) is 4.92. The van der Waals surface area contributed by atoms with Gasteiger partial charge in [0.25, 0.3) is 5.91 Å². The van der Waals surface area contributed by atoms with E-state index in [0.717, 1.165) is 28.1 Å². The summed E-state index contributed by atoms with van der Waals surface area (Å²) >= 11 is 0. The Morgan fingerprint density at radius 2 is 1.96 bits per heavy atom. The van der Waals surface area contributed by atoms with Crippen LogP contribution in [0, 0.1) is 6.92 Å². The molecule has 0 atom stereocenters. The molecule has 26 heavy (non-hydrogen) atoms. The van der Waals surface area contributed by atoms with Crippen LogP contribution in [0.1, 0.15) is 16.2 Å². The molecule has 0 fully saturated rings. The maximum absolute atomic E-state index is 11.6. The Morgan fingerprint density at radius 3 is 2.69 bits per heavy atom. The van der Waals surface area contributed by atoms with Crippen molar-refractivity contribution in [1.82, 2.24) is 19.4 Å². The normalized spacial score (nSPS) is 11.0. The van der Waals surface area contributed by atoms with Gasteiger partial charge in [-0.25, -0.2) is 9.97 Å². The van der Waals surface area contributed by atoms with E-state index in [1.807, 2.05) is 43.3 Å². The Morgan fingerprint density at radius 1 is 1.12 bits per heavy atom. The van der Waals surface area contributed by atoms with Crippen LogP contribution in [-0.2, 0) is 0 Å². The number of rotatable bonds is 3. The largest absolute Gasteiger partial charge is 0.399 e. The summed E-state index contributed by atoms with van der Waals surface area (Å²) in [5, 5.41) is 0. The number of aryl methyl sites for hydroxylation is 1. The fourth-order valence-corrected chi connectivity index (χ4v) is 2.95. The fourth-order valence-electron chi connectivity index (χ4n) is 2.95. The number of carbonyl (C=O) groups is 1. The third-order valence-electron chi connectivity index (χ3n) is 4.10. The first-order valence-electron chi connectivity index (χ1n) is 7.99. The molecule has 0 aliphatic carbocycles. The number of pyridine rings is 1. The zero-order valence-corrected chi connectivity index (χ0v) is 14.0. The molecule has 3 heterocycles. The minimum atomic E-state index is -0.587. The van der Waals surface area contributed by atoms with E-state index in [0.29, 0.717) is 11.3 Å². The first-order chi connectivity index (χ1) is 12.5. The number of amides is 1. The van der Waals surface area contributed by atoms with Crippen LogP contribution in [0.4, 0.5) is 5.69 Å². The SMILES string of the molecule is Cc1cc(-c2c(-c3cccc(N)c3)ncn3cc(C(N)=O)nc23)ccn1. The van der Waals surface area contributed by atoms with E-state index in [9.17, 15) is 4.79 Å². The number of hydrogen-bond acceptors (Lipinski definition) is 5. The molecule has 0 saturated carbocycles. The molecular weight excluding hydrogens is 328 g/mol. The van der Waals surface area contributed by atoms with Gasteiger partial charge >= 0.3 is 0 Å². The zero-order chi connectivity index (χ0) is 18.3.